The number of carbonyl (C=O) groups excluding carboxylic acids is 1. The van der Waals surface area contributed by atoms with Crippen molar-refractivity contribution < 1.29 is 4.79 Å². The fourth-order valence-corrected chi connectivity index (χ4v) is 3.77. The SMILES string of the molecule is CCNC(=NCC(C)Cn1cccn1)N1CCN(C(=O)Cc2cccc(Cl)c2)CC1.I. The zero-order valence-electron chi connectivity index (χ0n) is 18.2. The van der Waals surface area contributed by atoms with E-state index in [9.17, 15) is 4.79 Å². The molecule has 1 atom stereocenters. The van der Waals surface area contributed by atoms with Gasteiger partial charge >= 0.3 is 0 Å². The lowest BCUT2D eigenvalue weighted by Crippen LogP contribution is -2.54. The summed E-state index contributed by atoms with van der Waals surface area (Å²) >= 11 is 6.03. The average molecular weight is 559 g/mol. The normalized spacial score (nSPS) is 15.4. The van der Waals surface area contributed by atoms with E-state index in [0.29, 0.717) is 30.5 Å². The number of aromatic nitrogens is 2. The molecule has 0 saturated carbocycles. The first-order valence-corrected chi connectivity index (χ1v) is 11.0. The minimum absolute atomic E-state index is 0. The van der Waals surface area contributed by atoms with Gasteiger partial charge in [0.15, 0.2) is 5.96 Å². The number of aliphatic imine (C=N–C) groups is 1. The second kappa shape index (κ2) is 12.9. The molecule has 2 heterocycles. The van der Waals surface area contributed by atoms with Gasteiger partial charge in [0.25, 0.3) is 0 Å². The topological polar surface area (TPSA) is 65.8 Å². The second-order valence-electron chi connectivity index (χ2n) is 7.70. The van der Waals surface area contributed by atoms with E-state index in [2.05, 4.69) is 29.2 Å². The third kappa shape index (κ3) is 7.99. The molecule has 1 fully saturated rings. The fraction of sp³-hybridized carbons (Fsp3) is 0.500. The van der Waals surface area contributed by atoms with Crippen LogP contribution in [0.5, 0.6) is 0 Å². The standard InChI is InChI=1S/C22H31ClN6O.HI/c1-3-24-22(25-16-18(2)17-29-9-5-8-26-29)28-12-10-27(11-13-28)21(30)15-19-6-4-7-20(23)14-19;/h4-9,14,18H,3,10-13,15-17H2,1-2H3,(H,24,25);1H. The molecule has 0 spiro atoms. The molecular weight excluding hydrogens is 527 g/mol. The molecule has 1 saturated heterocycles. The van der Waals surface area contributed by atoms with Crippen molar-refractivity contribution >= 4 is 47.4 Å². The Morgan fingerprint density at radius 2 is 1.97 bits per heavy atom. The minimum Gasteiger partial charge on any atom is -0.357 e. The van der Waals surface area contributed by atoms with Crippen molar-refractivity contribution in [2.24, 2.45) is 10.9 Å². The van der Waals surface area contributed by atoms with Crippen LogP contribution in [0.25, 0.3) is 0 Å². The number of halogens is 2. The molecule has 1 amide bonds. The van der Waals surface area contributed by atoms with E-state index >= 15 is 0 Å². The first-order chi connectivity index (χ1) is 14.5. The number of nitrogens with one attached hydrogen (secondary N) is 1. The molecule has 1 aromatic carbocycles. The summed E-state index contributed by atoms with van der Waals surface area (Å²) in [6.45, 7) is 9.62. The fourth-order valence-electron chi connectivity index (χ4n) is 3.55. The van der Waals surface area contributed by atoms with E-state index in [1.165, 1.54) is 0 Å². The first kappa shape index (κ1) is 25.5. The van der Waals surface area contributed by atoms with Gasteiger partial charge in [-0.2, -0.15) is 5.10 Å². The van der Waals surface area contributed by atoms with Crippen LogP contribution in [0.15, 0.2) is 47.7 Å². The van der Waals surface area contributed by atoms with Gasteiger partial charge in [0.05, 0.1) is 6.42 Å². The smallest absolute Gasteiger partial charge is 0.227 e. The molecule has 0 radical (unpaired) electrons. The molecule has 1 aromatic heterocycles. The van der Waals surface area contributed by atoms with Gasteiger partial charge in [0.2, 0.25) is 5.91 Å². The number of hydrogen-bond donors (Lipinski definition) is 1. The number of rotatable bonds is 7. The number of hydrogen-bond acceptors (Lipinski definition) is 3. The van der Waals surface area contributed by atoms with Crippen LogP contribution in [0.1, 0.15) is 19.4 Å². The van der Waals surface area contributed by atoms with Gasteiger partial charge in [-0.15, -0.1) is 24.0 Å². The van der Waals surface area contributed by atoms with Crippen molar-refractivity contribution in [2.45, 2.75) is 26.8 Å². The van der Waals surface area contributed by atoms with Crippen LogP contribution < -0.4 is 5.32 Å². The zero-order chi connectivity index (χ0) is 21.3. The lowest BCUT2D eigenvalue weighted by molar-refractivity contribution is -0.131. The highest BCUT2D eigenvalue weighted by Crippen LogP contribution is 2.13. The average Bonchev–Trinajstić information content (AvgIpc) is 3.24. The van der Waals surface area contributed by atoms with Crippen LogP contribution in [0, 0.1) is 5.92 Å². The van der Waals surface area contributed by atoms with Gasteiger partial charge in [-0.25, -0.2) is 0 Å². The Morgan fingerprint density at radius 1 is 1.23 bits per heavy atom. The van der Waals surface area contributed by atoms with Crippen molar-refractivity contribution in [3.63, 3.8) is 0 Å². The van der Waals surface area contributed by atoms with Crippen LogP contribution in [0.4, 0.5) is 0 Å². The summed E-state index contributed by atoms with van der Waals surface area (Å²) in [5.74, 6) is 1.46. The molecule has 170 valence electrons. The first-order valence-electron chi connectivity index (χ1n) is 10.6. The summed E-state index contributed by atoms with van der Waals surface area (Å²) in [6.07, 6.45) is 4.16. The molecule has 1 aliphatic rings. The quantitative estimate of drug-likeness (QED) is 0.322. The summed E-state index contributed by atoms with van der Waals surface area (Å²) in [5.41, 5.74) is 0.955. The maximum atomic E-state index is 12.7. The molecular formula is C22H32ClIN6O. The van der Waals surface area contributed by atoms with Crippen LogP contribution in [-0.2, 0) is 17.8 Å². The Kier molecular flexibility index (Phi) is 10.6. The lowest BCUT2D eigenvalue weighted by Gasteiger charge is -2.36. The Morgan fingerprint density at radius 3 is 2.61 bits per heavy atom. The largest absolute Gasteiger partial charge is 0.357 e. The van der Waals surface area contributed by atoms with Crippen molar-refractivity contribution in [3.05, 3.63) is 53.3 Å². The molecule has 1 unspecified atom stereocenters. The molecule has 31 heavy (non-hydrogen) atoms. The van der Waals surface area contributed by atoms with Gasteiger partial charge in [-0.1, -0.05) is 30.7 Å². The Bertz CT molecular complexity index is 836. The van der Waals surface area contributed by atoms with Crippen LogP contribution in [-0.4, -0.2) is 70.7 Å². The van der Waals surface area contributed by atoms with Crippen molar-refractivity contribution in [1.29, 1.82) is 0 Å². The van der Waals surface area contributed by atoms with Crippen LogP contribution >= 0.6 is 35.6 Å². The van der Waals surface area contributed by atoms with Gasteiger partial charge in [0, 0.05) is 63.2 Å². The van der Waals surface area contributed by atoms with E-state index in [4.69, 9.17) is 16.6 Å². The molecule has 3 rings (SSSR count). The van der Waals surface area contributed by atoms with Crippen molar-refractivity contribution in [1.82, 2.24) is 24.9 Å². The van der Waals surface area contributed by atoms with E-state index in [1.54, 1.807) is 6.20 Å². The Hall–Kier alpha value is -1.81. The van der Waals surface area contributed by atoms with Gasteiger partial charge in [-0.3, -0.25) is 14.5 Å². The van der Waals surface area contributed by atoms with E-state index in [-0.39, 0.29) is 29.9 Å². The molecule has 2 aromatic rings. The van der Waals surface area contributed by atoms with Crippen molar-refractivity contribution in [2.75, 3.05) is 39.3 Å². The Balaban J connectivity index is 0.00000341. The molecule has 1 aliphatic heterocycles. The number of nitrogens with zero attached hydrogens (tertiary/aromatic N) is 5. The van der Waals surface area contributed by atoms with E-state index in [0.717, 1.165) is 44.2 Å². The third-order valence-corrected chi connectivity index (χ3v) is 5.36. The molecule has 0 aliphatic carbocycles. The van der Waals surface area contributed by atoms with Crippen molar-refractivity contribution in [3.8, 4) is 0 Å². The molecule has 0 bridgehead atoms. The second-order valence-corrected chi connectivity index (χ2v) is 8.14. The van der Waals surface area contributed by atoms with E-state index < -0.39 is 0 Å². The number of carbonyl (C=O) groups is 1. The third-order valence-electron chi connectivity index (χ3n) is 5.12. The van der Waals surface area contributed by atoms with Crippen LogP contribution in [0.2, 0.25) is 5.02 Å². The number of benzene rings is 1. The highest BCUT2D eigenvalue weighted by Gasteiger charge is 2.23. The predicted octanol–water partition coefficient (Wildman–Crippen LogP) is 3.14. The monoisotopic (exact) mass is 558 g/mol. The lowest BCUT2D eigenvalue weighted by atomic mass is 10.1. The van der Waals surface area contributed by atoms with E-state index in [1.807, 2.05) is 46.1 Å². The number of amides is 1. The summed E-state index contributed by atoms with van der Waals surface area (Å²) in [5, 5.41) is 8.32. The minimum atomic E-state index is 0. The summed E-state index contributed by atoms with van der Waals surface area (Å²) in [4.78, 5) is 21.7. The number of guanidine groups is 1. The predicted molar refractivity (Wildman–Crippen MR) is 136 cm³/mol. The maximum Gasteiger partial charge on any atom is 0.227 e. The molecule has 7 nitrogen and oxygen atoms in total. The molecule has 9 heteroatoms. The van der Waals surface area contributed by atoms with Gasteiger partial charge in [0.1, 0.15) is 0 Å². The summed E-state index contributed by atoms with van der Waals surface area (Å²) < 4.78 is 1.94. The van der Waals surface area contributed by atoms with Crippen LogP contribution in [0.3, 0.4) is 0 Å². The number of piperazine rings is 1. The highest BCUT2D eigenvalue weighted by molar-refractivity contribution is 14.0. The summed E-state index contributed by atoms with van der Waals surface area (Å²) in [6, 6.07) is 9.45. The van der Waals surface area contributed by atoms with Gasteiger partial charge < -0.3 is 15.1 Å². The van der Waals surface area contributed by atoms with Gasteiger partial charge in [-0.05, 0) is 36.6 Å². The zero-order valence-corrected chi connectivity index (χ0v) is 21.3. The highest BCUT2D eigenvalue weighted by atomic mass is 127. The summed E-state index contributed by atoms with van der Waals surface area (Å²) in [7, 11) is 0. The Labute approximate surface area is 206 Å². The maximum absolute atomic E-state index is 12.7. The molecule has 1 N–H and O–H groups in total.